The first kappa shape index (κ1) is 15.7. The molecule has 0 aliphatic rings. The fraction of sp³-hybridized carbons (Fsp3) is 0.125. The van der Waals surface area contributed by atoms with Crippen LogP contribution in [0.15, 0.2) is 40.3 Å². The summed E-state index contributed by atoms with van der Waals surface area (Å²) in [6.07, 6.45) is 2.38. The Morgan fingerprint density at radius 1 is 1.38 bits per heavy atom. The zero-order chi connectivity index (χ0) is 16.7. The quantitative estimate of drug-likeness (QED) is 0.525. The minimum Gasteiger partial charge on any atom is -0.351 e. The van der Waals surface area contributed by atoms with Crippen molar-refractivity contribution in [1.82, 2.24) is 14.7 Å². The van der Waals surface area contributed by atoms with Gasteiger partial charge in [-0.25, -0.2) is 9.37 Å². The van der Waals surface area contributed by atoms with Crippen LogP contribution in [-0.4, -0.2) is 21.8 Å². The van der Waals surface area contributed by atoms with Crippen LogP contribution in [0, 0.1) is 5.82 Å². The van der Waals surface area contributed by atoms with Crippen molar-refractivity contribution in [3.63, 3.8) is 0 Å². The lowest BCUT2D eigenvalue weighted by Crippen LogP contribution is -2.25. The fourth-order valence-corrected chi connectivity index (χ4v) is 4.62. The molecule has 0 saturated heterocycles. The van der Waals surface area contributed by atoms with Crippen molar-refractivity contribution in [2.45, 2.75) is 6.42 Å². The van der Waals surface area contributed by atoms with E-state index in [2.05, 4.69) is 26.2 Å². The maximum atomic E-state index is 13.7. The smallest absolute Gasteiger partial charge is 0.261 e. The van der Waals surface area contributed by atoms with Crippen molar-refractivity contribution in [2.24, 2.45) is 0 Å². The minimum absolute atomic E-state index is 0.155. The number of hydrogen-bond donors (Lipinski definition) is 1. The Morgan fingerprint density at radius 2 is 2.25 bits per heavy atom. The predicted molar refractivity (Wildman–Crippen MR) is 98.6 cm³/mol. The second-order valence-electron chi connectivity index (χ2n) is 5.21. The molecular formula is C16H11BrFN3OS2. The molecule has 0 radical (unpaired) electrons. The summed E-state index contributed by atoms with van der Waals surface area (Å²) >= 11 is 6.26. The number of thiophene rings is 1. The number of fused-ring (bicyclic) bond motifs is 3. The maximum Gasteiger partial charge on any atom is 0.261 e. The lowest BCUT2D eigenvalue weighted by Gasteiger charge is -2.05. The van der Waals surface area contributed by atoms with Crippen molar-refractivity contribution >= 4 is 59.8 Å². The van der Waals surface area contributed by atoms with Gasteiger partial charge < -0.3 is 5.32 Å². The zero-order valence-corrected chi connectivity index (χ0v) is 15.5. The molecule has 0 bridgehead atoms. The van der Waals surface area contributed by atoms with Crippen LogP contribution < -0.4 is 5.32 Å². The van der Waals surface area contributed by atoms with E-state index < -0.39 is 0 Å². The standard InChI is InChI=1S/C16H11BrFN3OS2/c17-10-1-2-11(18)9(7-10)3-4-19-14(22)13-8-12-15(24-13)20-16-21(12)5-6-23-16/h1-2,5-8H,3-4H2,(H,19,22). The Balaban J connectivity index is 1.46. The number of carbonyl (C=O) groups is 1. The van der Waals surface area contributed by atoms with Crippen molar-refractivity contribution < 1.29 is 9.18 Å². The number of halogens is 2. The van der Waals surface area contributed by atoms with Gasteiger partial charge in [0.25, 0.3) is 5.91 Å². The molecule has 0 fully saturated rings. The molecule has 0 atom stereocenters. The van der Waals surface area contributed by atoms with E-state index >= 15 is 0 Å². The second kappa shape index (κ2) is 6.27. The minimum atomic E-state index is -0.261. The molecule has 1 N–H and O–H groups in total. The van der Waals surface area contributed by atoms with Gasteiger partial charge in [0.1, 0.15) is 10.6 Å². The Kier molecular flexibility index (Phi) is 4.11. The Morgan fingerprint density at radius 3 is 3.12 bits per heavy atom. The van der Waals surface area contributed by atoms with Gasteiger partial charge in [0.2, 0.25) is 0 Å². The molecule has 0 aliphatic carbocycles. The van der Waals surface area contributed by atoms with Gasteiger partial charge in [0, 0.05) is 22.6 Å². The molecule has 4 aromatic rings. The van der Waals surface area contributed by atoms with Crippen LogP contribution in [-0.2, 0) is 6.42 Å². The number of nitrogens with one attached hydrogen (secondary N) is 1. The van der Waals surface area contributed by atoms with Gasteiger partial charge in [-0.1, -0.05) is 15.9 Å². The first-order chi connectivity index (χ1) is 11.6. The average Bonchev–Trinajstić information content (AvgIpc) is 3.22. The lowest BCUT2D eigenvalue weighted by molar-refractivity contribution is 0.0958. The SMILES string of the molecule is O=C(NCCc1cc(Br)ccc1F)c1cc2c(nc3sccn32)s1. The van der Waals surface area contributed by atoms with Crippen LogP contribution in [0.2, 0.25) is 0 Å². The van der Waals surface area contributed by atoms with E-state index in [0.717, 1.165) is 19.8 Å². The van der Waals surface area contributed by atoms with E-state index in [-0.39, 0.29) is 11.7 Å². The van der Waals surface area contributed by atoms with E-state index in [0.29, 0.717) is 23.4 Å². The summed E-state index contributed by atoms with van der Waals surface area (Å²) < 4.78 is 16.5. The normalized spacial score (nSPS) is 11.4. The number of thiazole rings is 1. The molecule has 0 unspecified atom stereocenters. The number of amides is 1. The maximum absolute atomic E-state index is 13.7. The van der Waals surface area contributed by atoms with Gasteiger partial charge in [-0.15, -0.1) is 22.7 Å². The van der Waals surface area contributed by atoms with Crippen LogP contribution in [0.3, 0.4) is 0 Å². The summed E-state index contributed by atoms with van der Waals surface area (Å²) in [7, 11) is 0. The molecule has 0 aliphatic heterocycles. The largest absolute Gasteiger partial charge is 0.351 e. The van der Waals surface area contributed by atoms with Crippen LogP contribution in [0.25, 0.3) is 15.3 Å². The van der Waals surface area contributed by atoms with Crippen LogP contribution in [0.1, 0.15) is 15.2 Å². The fourth-order valence-electron chi connectivity index (χ4n) is 2.49. The highest BCUT2D eigenvalue weighted by Crippen LogP contribution is 2.28. The molecule has 122 valence electrons. The highest BCUT2D eigenvalue weighted by Gasteiger charge is 2.15. The molecule has 3 aromatic heterocycles. The molecule has 0 spiro atoms. The van der Waals surface area contributed by atoms with Crippen molar-refractivity contribution in [1.29, 1.82) is 0 Å². The molecule has 0 saturated carbocycles. The molecule has 8 heteroatoms. The number of aromatic nitrogens is 2. The van der Waals surface area contributed by atoms with Gasteiger partial charge >= 0.3 is 0 Å². The lowest BCUT2D eigenvalue weighted by atomic mass is 10.1. The number of hydrogen-bond acceptors (Lipinski definition) is 4. The first-order valence-corrected chi connectivity index (χ1v) is 9.68. The predicted octanol–water partition coefficient (Wildman–Crippen LogP) is 4.48. The third kappa shape index (κ3) is 2.85. The third-order valence-electron chi connectivity index (χ3n) is 3.65. The number of carbonyl (C=O) groups excluding carboxylic acids is 1. The zero-order valence-electron chi connectivity index (χ0n) is 12.3. The summed E-state index contributed by atoms with van der Waals surface area (Å²) in [4.78, 5) is 19.2. The Bertz CT molecular complexity index is 1050. The van der Waals surface area contributed by atoms with Gasteiger partial charge in [-0.3, -0.25) is 9.20 Å². The summed E-state index contributed by atoms with van der Waals surface area (Å²) in [6.45, 7) is 0.378. The number of imidazole rings is 1. The van der Waals surface area contributed by atoms with E-state index in [1.807, 2.05) is 22.0 Å². The molecule has 4 rings (SSSR count). The molecule has 1 amide bonds. The van der Waals surface area contributed by atoms with Crippen molar-refractivity contribution in [2.75, 3.05) is 6.54 Å². The summed E-state index contributed by atoms with van der Waals surface area (Å²) in [6, 6.07) is 6.66. The van der Waals surface area contributed by atoms with Gasteiger partial charge in [0.15, 0.2) is 4.96 Å². The van der Waals surface area contributed by atoms with E-state index in [1.165, 1.54) is 17.4 Å². The molecule has 24 heavy (non-hydrogen) atoms. The van der Waals surface area contributed by atoms with E-state index in [1.54, 1.807) is 23.5 Å². The van der Waals surface area contributed by atoms with Gasteiger partial charge in [-0.05, 0) is 36.2 Å². The summed E-state index contributed by atoms with van der Waals surface area (Å²) in [5, 5.41) is 4.81. The number of nitrogens with zero attached hydrogens (tertiary/aromatic N) is 2. The van der Waals surface area contributed by atoms with Crippen molar-refractivity contribution in [3.8, 4) is 0 Å². The third-order valence-corrected chi connectivity index (χ3v) is 5.92. The monoisotopic (exact) mass is 423 g/mol. The van der Waals surface area contributed by atoms with Crippen LogP contribution >= 0.6 is 38.6 Å². The first-order valence-electron chi connectivity index (χ1n) is 7.19. The number of rotatable bonds is 4. The highest BCUT2D eigenvalue weighted by atomic mass is 79.9. The van der Waals surface area contributed by atoms with Crippen molar-refractivity contribution in [3.05, 3.63) is 56.6 Å². The summed E-state index contributed by atoms with van der Waals surface area (Å²) in [5.74, 6) is -0.417. The topological polar surface area (TPSA) is 46.4 Å². The molecular weight excluding hydrogens is 413 g/mol. The molecule has 1 aromatic carbocycles. The average molecular weight is 424 g/mol. The molecule has 4 nitrogen and oxygen atoms in total. The van der Waals surface area contributed by atoms with Crippen LogP contribution in [0.5, 0.6) is 0 Å². The molecule has 3 heterocycles. The van der Waals surface area contributed by atoms with E-state index in [4.69, 9.17) is 0 Å². The highest BCUT2D eigenvalue weighted by molar-refractivity contribution is 9.10. The second-order valence-corrected chi connectivity index (χ2v) is 8.03. The van der Waals surface area contributed by atoms with Gasteiger partial charge in [0.05, 0.1) is 10.4 Å². The number of benzene rings is 1. The van der Waals surface area contributed by atoms with E-state index in [9.17, 15) is 9.18 Å². The Labute approximate surface area is 153 Å². The van der Waals surface area contributed by atoms with Crippen LogP contribution in [0.4, 0.5) is 4.39 Å². The Hall–Kier alpha value is -1.77. The van der Waals surface area contributed by atoms with Gasteiger partial charge in [-0.2, -0.15) is 0 Å². The summed E-state index contributed by atoms with van der Waals surface area (Å²) in [5.41, 5.74) is 1.52.